The molecule has 76 valence electrons. The van der Waals surface area contributed by atoms with E-state index in [1.165, 1.54) is 6.42 Å². The van der Waals surface area contributed by atoms with Crippen molar-refractivity contribution in [1.82, 2.24) is 0 Å². The Labute approximate surface area is 92.3 Å². The highest BCUT2D eigenvalue weighted by Gasteiger charge is 2.39. The zero-order valence-electron chi connectivity index (χ0n) is 7.96. The van der Waals surface area contributed by atoms with Gasteiger partial charge in [0.2, 0.25) is 0 Å². The number of benzene rings is 1. The van der Waals surface area contributed by atoms with Crippen LogP contribution < -0.4 is 5.73 Å². The first-order valence-corrected chi connectivity index (χ1v) is 5.66. The molecular weight excluding hydrogens is 242 g/mol. The second-order valence-electron chi connectivity index (χ2n) is 4.00. The maximum Gasteiger partial charge on any atom is 0.119 e. The molecule has 1 aliphatic rings. The Morgan fingerprint density at radius 2 is 2.14 bits per heavy atom. The fourth-order valence-electron chi connectivity index (χ4n) is 2.12. The lowest BCUT2D eigenvalue weighted by Crippen LogP contribution is -2.41. The minimum Gasteiger partial charge on any atom is -0.508 e. The van der Waals surface area contributed by atoms with Crippen LogP contribution in [0.4, 0.5) is 0 Å². The molecule has 3 N–H and O–H groups in total. The first-order chi connectivity index (χ1) is 6.68. The predicted octanol–water partition coefficient (Wildman–Crippen LogP) is 2.54. The first kappa shape index (κ1) is 9.99. The number of hydrogen-bond acceptors (Lipinski definition) is 2. The molecule has 0 aromatic heterocycles. The van der Waals surface area contributed by atoms with E-state index in [1.54, 1.807) is 6.07 Å². The summed E-state index contributed by atoms with van der Waals surface area (Å²) in [6.07, 6.45) is 3.39. The van der Waals surface area contributed by atoms with Crippen LogP contribution in [-0.4, -0.2) is 11.7 Å². The van der Waals surface area contributed by atoms with Crippen molar-refractivity contribution in [2.24, 2.45) is 5.73 Å². The molecule has 1 saturated carbocycles. The van der Waals surface area contributed by atoms with Crippen molar-refractivity contribution in [3.8, 4) is 5.75 Å². The lowest BCUT2D eigenvalue weighted by molar-refractivity contribution is 0.245. The standard InChI is InChI=1S/C11H14BrNO/c12-8-2-3-10(14)9(6-8)11(7-13)4-1-5-11/h2-3,6,14H,1,4-5,7,13H2. The molecule has 0 aliphatic heterocycles. The van der Waals surface area contributed by atoms with Crippen molar-refractivity contribution in [1.29, 1.82) is 0 Å². The molecule has 14 heavy (non-hydrogen) atoms. The van der Waals surface area contributed by atoms with Gasteiger partial charge in [-0.25, -0.2) is 0 Å². The fraction of sp³-hybridized carbons (Fsp3) is 0.455. The van der Waals surface area contributed by atoms with Gasteiger partial charge in [0.15, 0.2) is 0 Å². The van der Waals surface area contributed by atoms with Crippen LogP contribution in [0.5, 0.6) is 5.75 Å². The Hall–Kier alpha value is -0.540. The van der Waals surface area contributed by atoms with Gasteiger partial charge >= 0.3 is 0 Å². The van der Waals surface area contributed by atoms with Crippen molar-refractivity contribution in [3.05, 3.63) is 28.2 Å². The van der Waals surface area contributed by atoms with Crippen LogP contribution in [0.25, 0.3) is 0 Å². The highest BCUT2D eigenvalue weighted by Crippen LogP contribution is 2.46. The van der Waals surface area contributed by atoms with E-state index in [0.717, 1.165) is 22.9 Å². The van der Waals surface area contributed by atoms with E-state index in [2.05, 4.69) is 15.9 Å². The quantitative estimate of drug-likeness (QED) is 0.854. The summed E-state index contributed by atoms with van der Waals surface area (Å²) in [7, 11) is 0. The van der Waals surface area contributed by atoms with E-state index in [-0.39, 0.29) is 5.41 Å². The van der Waals surface area contributed by atoms with Gasteiger partial charge in [0.05, 0.1) is 0 Å². The van der Waals surface area contributed by atoms with Crippen molar-refractivity contribution in [2.75, 3.05) is 6.54 Å². The van der Waals surface area contributed by atoms with E-state index in [0.29, 0.717) is 12.3 Å². The lowest BCUT2D eigenvalue weighted by atomic mass is 9.64. The second kappa shape index (κ2) is 3.55. The van der Waals surface area contributed by atoms with Crippen molar-refractivity contribution in [3.63, 3.8) is 0 Å². The topological polar surface area (TPSA) is 46.2 Å². The number of halogens is 1. The SMILES string of the molecule is NCC1(c2cc(Br)ccc2O)CCC1. The number of phenolic OH excluding ortho intramolecular Hbond substituents is 1. The zero-order valence-corrected chi connectivity index (χ0v) is 9.55. The molecule has 1 fully saturated rings. The Bertz CT molecular complexity index is 342. The van der Waals surface area contributed by atoms with Gasteiger partial charge in [0, 0.05) is 22.0 Å². The van der Waals surface area contributed by atoms with Gasteiger partial charge in [-0.05, 0) is 31.0 Å². The maximum atomic E-state index is 9.79. The molecule has 0 saturated heterocycles. The van der Waals surface area contributed by atoms with Gasteiger partial charge in [-0.15, -0.1) is 0 Å². The highest BCUT2D eigenvalue weighted by atomic mass is 79.9. The molecule has 0 atom stereocenters. The molecule has 0 radical (unpaired) electrons. The molecule has 1 aliphatic carbocycles. The Morgan fingerprint density at radius 3 is 2.64 bits per heavy atom. The summed E-state index contributed by atoms with van der Waals surface area (Å²) in [5.41, 5.74) is 6.83. The summed E-state index contributed by atoms with van der Waals surface area (Å²) in [5, 5.41) is 9.79. The van der Waals surface area contributed by atoms with Gasteiger partial charge in [-0.3, -0.25) is 0 Å². The Balaban J connectivity index is 2.43. The summed E-state index contributed by atoms with van der Waals surface area (Å²) in [5.74, 6) is 0.373. The predicted molar refractivity (Wildman–Crippen MR) is 60.4 cm³/mol. The minimum absolute atomic E-state index is 0.0356. The van der Waals surface area contributed by atoms with Crippen molar-refractivity contribution in [2.45, 2.75) is 24.7 Å². The Morgan fingerprint density at radius 1 is 1.43 bits per heavy atom. The maximum absolute atomic E-state index is 9.79. The third-order valence-electron chi connectivity index (χ3n) is 3.23. The molecular formula is C11H14BrNO. The van der Waals surface area contributed by atoms with Gasteiger partial charge in [-0.1, -0.05) is 22.4 Å². The molecule has 0 heterocycles. The molecule has 0 bridgehead atoms. The van der Waals surface area contributed by atoms with E-state index in [9.17, 15) is 5.11 Å². The average molecular weight is 256 g/mol. The molecule has 2 rings (SSSR count). The van der Waals surface area contributed by atoms with Crippen LogP contribution in [-0.2, 0) is 5.41 Å². The third kappa shape index (κ3) is 1.44. The van der Waals surface area contributed by atoms with Crippen molar-refractivity contribution >= 4 is 15.9 Å². The van der Waals surface area contributed by atoms with Crippen molar-refractivity contribution < 1.29 is 5.11 Å². The smallest absolute Gasteiger partial charge is 0.119 e. The number of hydrogen-bond donors (Lipinski definition) is 2. The first-order valence-electron chi connectivity index (χ1n) is 4.87. The van der Waals surface area contributed by atoms with E-state index < -0.39 is 0 Å². The van der Waals surface area contributed by atoms with Crippen LogP contribution >= 0.6 is 15.9 Å². The molecule has 0 unspecified atom stereocenters. The minimum atomic E-state index is 0.0356. The second-order valence-corrected chi connectivity index (χ2v) is 4.92. The van der Waals surface area contributed by atoms with E-state index in [4.69, 9.17) is 5.73 Å². The van der Waals surface area contributed by atoms with Crippen LogP contribution in [0.1, 0.15) is 24.8 Å². The summed E-state index contributed by atoms with van der Waals surface area (Å²) in [6, 6.07) is 5.57. The van der Waals surface area contributed by atoms with Gasteiger partial charge < -0.3 is 10.8 Å². The normalized spacial score (nSPS) is 19.0. The number of aromatic hydroxyl groups is 1. The third-order valence-corrected chi connectivity index (χ3v) is 3.72. The molecule has 1 aromatic rings. The number of phenols is 1. The van der Waals surface area contributed by atoms with Gasteiger partial charge in [0.1, 0.15) is 5.75 Å². The largest absolute Gasteiger partial charge is 0.508 e. The fourth-order valence-corrected chi connectivity index (χ4v) is 2.48. The number of nitrogens with two attached hydrogens (primary N) is 1. The summed E-state index contributed by atoms with van der Waals surface area (Å²) >= 11 is 3.42. The van der Waals surface area contributed by atoms with Crippen LogP contribution in [0.15, 0.2) is 22.7 Å². The molecule has 0 spiro atoms. The monoisotopic (exact) mass is 255 g/mol. The van der Waals surface area contributed by atoms with Crippen LogP contribution in [0.2, 0.25) is 0 Å². The lowest BCUT2D eigenvalue weighted by Gasteiger charge is -2.41. The van der Waals surface area contributed by atoms with E-state index >= 15 is 0 Å². The van der Waals surface area contributed by atoms with Gasteiger partial charge in [-0.2, -0.15) is 0 Å². The average Bonchev–Trinajstić information content (AvgIpc) is 2.10. The van der Waals surface area contributed by atoms with Crippen LogP contribution in [0.3, 0.4) is 0 Å². The van der Waals surface area contributed by atoms with Gasteiger partial charge in [0.25, 0.3) is 0 Å². The zero-order chi connectivity index (χ0) is 10.2. The Kier molecular flexibility index (Phi) is 2.54. The highest BCUT2D eigenvalue weighted by molar-refractivity contribution is 9.10. The number of rotatable bonds is 2. The molecule has 1 aromatic carbocycles. The molecule has 3 heteroatoms. The van der Waals surface area contributed by atoms with Crippen LogP contribution in [0, 0.1) is 0 Å². The molecule has 0 amide bonds. The summed E-state index contributed by atoms with van der Waals surface area (Å²) in [6.45, 7) is 0.622. The summed E-state index contributed by atoms with van der Waals surface area (Å²) in [4.78, 5) is 0. The molecule has 2 nitrogen and oxygen atoms in total. The van der Waals surface area contributed by atoms with E-state index in [1.807, 2.05) is 12.1 Å². The summed E-state index contributed by atoms with van der Waals surface area (Å²) < 4.78 is 1.00.